The Balaban J connectivity index is 0. The van der Waals surface area contributed by atoms with E-state index in [1.54, 1.807) is 11.3 Å². The SMILES string of the molecule is CCOC(C)c1nc(CN2CCN(C(=O)CC(C)N)CC2)cs1.Cl.Cl.Cl. The average Bonchev–Trinajstić information content (AvgIpc) is 2.96. The first kappa shape index (κ1) is 28.1. The van der Waals surface area contributed by atoms with Crippen molar-refractivity contribution in [1.29, 1.82) is 0 Å². The maximum atomic E-state index is 12.0. The van der Waals surface area contributed by atoms with Gasteiger partial charge in [-0.1, -0.05) is 0 Å². The molecule has 10 heteroatoms. The van der Waals surface area contributed by atoms with Crippen molar-refractivity contribution in [2.45, 2.75) is 45.9 Å². The molecule has 2 unspecified atom stereocenters. The molecule has 2 atom stereocenters. The molecule has 1 saturated heterocycles. The first-order chi connectivity index (χ1) is 11.0. The normalized spacial score (nSPS) is 16.7. The Bertz CT molecular complexity index is 511. The van der Waals surface area contributed by atoms with E-state index in [-0.39, 0.29) is 55.3 Å². The highest BCUT2D eigenvalue weighted by molar-refractivity contribution is 7.09. The van der Waals surface area contributed by atoms with Crippen molar-refractivity contribution in [1.82, 2.24) is 14.8 Å². The van der Waals surface area contributed by atoms with Crippen LogP contribution < -0.4 is 5.73 Å². The van der Waals surface area contributed by atoms with Crippen LogP contribution in [0.3, 0.4) is 0 Å². The van der Waals surface area contributed by atoms with Gasteiger partial charge in [0.2, 0.25) is 5.91 Å². The number of amides is 1. The summed E-state index contributed by atoms with van der Waals surface area (Å²) in [6, 6.07) is -0.0683. The number of hydrogen-bond donors (Lipinski definition) is 1. The van der Waals surface area contributed by atoms with Gasteiger partial charge in [-0.3, -0.25) is 9.69 Å². The van der Waals surface area contributed by atoms with Gasteiger partial charge in [0.15, 0.2) is 0 Å². The monoisotopic (exact) mass is 448 g/mol. The predicted octanol–water partition coefficient (Wildman–Crippen LogP) is 2.89. The Hall–Kier alpha value is -0.150. The van der Waals surface area contributed by atoms with E-state index in [2.05, 4.69) is 15.3 Å². The van der Waals surface area contributed by atoms with Gasteiger partial charge in [-0.05, 0) is 20.8 Å². The molecule has 26 heavy (non-hydrogen) atoms. The summed E-state index contributed by atoms with van der Waals surface area (Å²) in [7, 11) is 0. The molecule has 0 bridgehead atoms. The largest absolute Gasteiger partial charge is 0.372 e. The van der Waals surface area contributed by atoms with Crippen molar-refractivity contribution in [2.75, 3.05) is 32.8 Å². The number of nitrogens with zero attached hydrogens (tertiary/aromatic N) is 3. The quantitative estimate of drug-likeness (QED) is 0.693. The minimum atomic E-state index is -0.0683. The predicted molar refractivity (Wildman–Crippen MR) is 114 cm³/mol. The van der Waals surface area contributed by atoms with Crippen molar-refractivity contribution in [3.8, 4) is 0 Å². The molecule has 2 rings (SSSR count). The van der Waals surface area contributed by atoms with E-state index >= 15 is 0 Å². The molecule has 1 aliphatic heterocycles. The van der Waals surface area contributed by atoms with Crippen molar-refractivity contribution >= 4 is 54.5 Å². The second-order valence-corrected chi connectivity index (χ2v) is 7.00. The summed E-state index contributed by atoms with van der Waals surface area (Å²) >= 11 is 1.66. The molecule has 0 saturated carbocycles. The number of nitrogens with two attached hydrogens (primary N) is 1. The summed E-state index contributed by atoms with van der Waals surface area (Å²) in [5.74, 6) is 0.168. The lowest BCUT2D eigenvalue weighted by atomic mass is 10.2. The number of ether oxygens (including phenoxy) is 1. The molecule has 2 N–H and O–H groups in total. The lowest BCUT2D eigenvalue weighted by Crippen LogP contribution is -2.49. The number of carbonyl (C=O) groups is 1. The molecule has 0 aliphatic carbocycles. The number of aromatic nitrogens is 1. The third-order valence-corrected chi connectivity index (χ3v) is 5.00. The van der Waals surface area contributed by atoms with Gasteiger partial charge in [0, 0.05) is 57.2 Å². The van der Waals surface area contributed by atoms with E-state index in [4.69, 9.17) is 10.5 Å². The molecule has 6 nitrogen and oxygen atoms in total. The Morgan fingerprint density at radius 2 is 1.88 bits per heavy atom. The fourth-order valence-corrected chi connectivity index (χ4v) is 3.51. The van der Waals surface area contributed by atoms with Gasteiger partial charge in [0.25, 0.3) is 0 Å². The molecular weight excluding hydrogens is 419 g/mol. The van der Waals surface area contributed by atoms with Gasteiger partial charge < -0.3 is 15.4 Å². The zero-order valence-electron chi connectivity index (χ0n) is 15.6. The average molecular weight is 450 g/mol. The zero-order chi connectivity index (χ0) is 16.8. The second-order valence-electron chi connectivity index (χ2n) is 6.11. The lowest BCUT2D eigenvalue weighted by molar-refractivity contribution is -0.133. The van der Waals surface area contributed by atoms with Crippen LogP contribution in [0.4, 0.5) is 0 Å². The Kier molecular flexibility index (Phi) is 15.0. The summed E-state index contributed by atoms with van der Waals surface area (Å²) in [6.45, 7) is 10.8. The zero-order valence-corrected chi connectivity index (χ0v) is 18.8. The molecule has 1 aromatic rings. The first-order valence-electron chi connectivity index (χ1n) is 8.31. The van der Waals surface area contributed by atoms with Gasteiger partial charge in [-0.15, -0.1) is 48.6 Å². The van der Waals surface area contributed by atoms with Gasteiger partial charge in [-0.2, -0.15) is 0 Å². The first-order valence-corrected chi connectivity index (χ1v) is 9.19. The number of piperazine rings is 1. The van der Waals surface area contributed by atoms with Crippen molar-refractivity contribution in [3.63, 3.8) is 0 Å². The standard InChI is InChI=1S/C16H28N4O2S.3ClH/c1-4-22-13(3)16-18-14(11-23-16)10-19-5-7-20(8-6-19)15(21)9-12(2)17;;;/h11-13H,4-10,17H2,1-3H3;3*1H. The lowest BCUT2D eigenvalue weighted by Gasteiger charge is -2.34. The van der Waals surface area contributed by atoms with E-state index in [9.17, 15) is 4.79 Å². The van der Waals surface area contributed by atoms with Crippen LogP contribution in [0, 0.1) is 0 Å². The van der Waals surface area contributed by atoms with Crippen molar-refractivity contribution in [3.05, 3.63) is 16.1 Å². The Morgan fingerprint density at radius 3 is 2.42 bits per heavy atom. The second kappa shape index (κ2) is 13.9. The smallest absolute Gasteiger partial charge is 0.224 e. The molecule has 154 valence electrons. The fourth-order valence-electron chi connectivity index (χ4n) is 2.69. The van der Waals surface area contributed by atoms with Crippen LogP contribution in [0.2, 0.25) is 0 Å². The van der Waals surface area contributed by atoms with Crippen LogP contribution in [0.1, 0.15) is 44.0 Å². The highest BCUT2D eigenvalue weighted by Gasteiger charge is 2.22. The Morgan fingerprint density at radius 1 is 1.27 bits per heavy atom. The highest BCUT2D eigenvalue weighted by Crippen LogP contribution is 2.22. The van der Waals surface area contributed by atoms with Crippen LogP contribution in [0.15, 0.2) is 5.38 Å². The molecule has 1 amide bonds. The maximum absolute atomic E-state index is 12.0. The number of rotatable bonds is 7. The molecule has 1 aromatic heterocycles. The summed E-state index contributed by atoms with van der Waals surface area (Å²) in [5.41, 5.74) is 6.79. The Labute approximate surface area is 179 Å². The van der Waals surface area contributed by atoms with Crippen molar-refractivity contribution < 1.29 is 9.53 Å². The van der Waals surface area contributed by atoms with E-state index in [0.29, 0.717) is 13.0 Å². The molecule has 2 heterocycles. The van der Waals surface area contributed by atoms with Gasteiger partial charge in [0.1, 0.15) is 11.1 Å². The summed E-state index contributed by atoms with van der Waals surface area (Å²) in [6.07, 6.45) is 0.497. The van der Waals surface area contributed by atoms with E-state index in [1.807, 2.05) is 25.7 Å². The molecular formula is C16H31Cl3N4O2S. The number of hydrogen-bond acceptors (Lipinski definition) is 6. The van der Waals surface area contributed by atoms with Gasteiger partial charge in [-0.25, -0.2) is 4.98 Å². The summed E-state index contributed by atoms with van der Waals surface area (Å²) in [5, 5.41) is 3.14. The highest BCUT2D eigenvalue weighted by atomic mass is 35.5. The van der Waals surface area contributed by atoms with Gasteiger partial charge in [0.05, 0.1) is 5.69 Å². The van der Waals surface area contributed by atoms with E-state index in [1.165, 1.54) is 0 Å². The fraction of sp³-hybridized carbons (Fsp3) is 0.750. The van der Waals surface area contributed by atoms with Crippen LogP contribution in [0.25, 0.3) is 0 Å². The third kappa shape index (κ3) is 8.69. The van der Waals surface area contributed by atoms with Crippen molar-refractivity contribution in [2.24, 2.45) is 5.73 Å². The number of halogens is 3. The molecule has 1 aliphatic rings. The van der Waals surface area contributed by atoms with E-state index in [0.717, 1.165) is 43.4 Å². The van der Waals surface area contributed by atoms with E-state index < -0.39 is 0 Å². The van der Waals surface area contributed by atoms with Crippen LogP contribution >= 0.6 is 48.6 Å². The van der Waals surface area contributed by atoms with Crippen LogP contribution in [-0.2, 0) is 16.1 Å². The van der Waals surface area contributed by atoms with Crippen LogP contribution in [0.5, 0.6) is 0 Å². The minimum Gasteiger partial charge on any atom is -0.372 e. The topological polar surface area (TPSA) is 71.7 Å². The molecule has 0 aromatic carbocycles. The summed E-state index contributed by atoms with van der Waals surface area (Å²) < 4.78 is 5.58. The van der Waals surface area contributed by atoms with Crippen LogP contribution in [-0.4, -0.2) is 59.5 Å². The molecule has 1 fully saturated rings. The summed E-state index contributed by atoms with van der Waals surface area (Å²) in [4.78, 5) is 21.0. The minimum absolute atomic E-state index is 0. The number of carbonyl (C=O) groups excluding carboxylic acids is 1. The van der Waals surface area contributed by atoms with Gasteiger partial charge >= 0.3 is 0 Å². The molecule has 0 spiro atoms. The third-order valence-electron chi connectivity index (χ3n) is 3.94. The maximum Gasteiger partial charge on any atom is 0.224 e. The number of thiazole rings is 1. The molecule has 0 radical (unpaired) electrons.